The van der Waals surface area contributed by atoms with Gasteiger partial charge in [-0.1, -0.05) is 18.2 Å². The van der Waals surface area contributed by atoms with Crippen LogP contribution in [0, 0.1) is 0 Å². The van der Waals surface area contributed by atoms with E-state index in [0.29, 0.717) is 18.9 Å². The molecule has 0 heterocycles. The molecule has 0 fully saturated rings. The molecule has 1 aromatic rings. The number of methoxy groups -OCH3 is 2. The third-order valence-electron chi connectivity index (χ3n) is 2.56. The van der Waals surface area contributed by atoms with E-state index >= 15 is 0 Å². The number of carbonyl (C=O) groups is 1. The van der Waals surface area contributed by atoms with Crippen LogP contribution in [0.3, 0.4) is 0 Å². The van der Waals surface area contributed by atoms with Crippen molar-refractivity contribution < 1.29 is 14.3 Å². The van der Waals surface area contributed by atoms with Gasteiger partial charge in [0.05, 0.1) is 26.2 Å². The molecule has 0 aliphatic carbocycles. The first-order chi connectivity index (χ1) is 8.71. The van der Waals surface area contributed by atoms with Crippen LogP contribution < -0.4 is 15.8 Å². The van der Waals surface area contributed by atoms with Crippen molar-refractivity contribution in [3.05, 3.63) is 29.8 Å². The van der Waals surface area contributed by atoms with E-state index in [2.05, 4.69) is 5.32 Å². The van der Waals surface area contributed by atoms with E-state index in [1.54, 1.807) is 14.2 Å². The van der Waals surface area contributed by atoms with Crippen molar-refractivity contribution in [2.45, 2.75) is 12.5 Å². The second kappa shape index (κ2) is 7.68. The maximum absolute atomic E-state index is 11.8. The van der Waals surface area contributed by atoms with Crippen molar-refractivity contribution >= 4 is 5.91 Å². The highest BCUT2D eigenvalue weighted by Crippen LogP contribution is 2.17. The van der Waals surface area contributed by atoms with Gasteiger partial charge in [0.1, 0.15) is 5.75 Å². The smallest absolute Gasteiger partial charge is 0.224 e. The molecule has 0 aromatic heterocycles. The van der Waals surface area contributed by atoms with Crippen molar-refractivity contribution in [2.24, 2.45) is 5.73 Å². The summed E-state index contributed by atoms with van der Waals surface area (Å²) in [5.74, 6) is 0.621. The van der Waals surface area contributed by atoms with Crippen LogP contribution in [0.5, 0.6) is 5.75 Å². The Morgan fingerprint density at radius 3 is 2.72 bits per heavy atom. The second-order valence-electron chi connectivity index (χ2n) is 3.94. The summed E-state index contributed by atoms with van der Waals surface area (Å²) in [7, 11) is 3.17. The molecule has 3 N–H and O–H groups in total. The molecule has 1 atom stereocenters. The number of amides is 1. The molecule has 0 saturated carbocycles. The summed E-state index contributed by atoms with van der Waals surface area (Å²) < 4.78 is 10.2. The van der Waals surface area contributed by atoms with E-state index in [9.17, 15) is 4.79 Å². The summed E-state index contributed by atoms with van der Waals surface area (Å²) in [5.41, 5.74) is 6.39. The lowest BCUT2D eigenvalue weighted by atomic mass is 10.1. The maximum Gasteiger partial charge on any atom is 0.224 e. The minimum absolute atomic E-state index is 0.0907. The molecule has 1 rings (SSSR count). The van der Waals surface area contributed by atoms with E-state index in [1.807, 2.05) is 24.3 Å². The van der Waals surface area contributed by atoms with Crippen LogP contribution >= 0.6 is 0 Å². The Bertz CT molecular complexity index is 382. The van der Waals surface area contributed by atoms with Crippen molar-refractivity contribution in [3.63, 3.8) is 0 Å². The average molecular weight is 252 g/mol. The summed E-state index contributed by atoms with van der Waals surface area (Å²) in [6.45, 7) is 0.764. The molecule has 0 bridgehead atoms. The Balaban J connectivity index is 2.58. The molecule has 18 heavy (non-hydrogen) atoms. The Labute approximate surface area is 107 Å². The first-order valence-electron chi connectivity index (χ1n) is 5.81. The van der Waals surface area contributed by atoms with Gasteiger partial charge in [-0.25, -0.2) is 0 Å². The van der Waals surface area contributed by atoms with Crippen molar-refractivity contribution in [1.29, 1.82) is 0 Å². The molecule has 5 heteroatoms. The fourth-order valence-electron chi connectivity index (χ4n) is 1.67. The number of carbonyl (C=O) groups excluding carboxylic acids is 1. The first kappa shape index (κ1) is 14.5. The quantitative estimate of drug-likeness (QED) is 0.733. The predicted molar refractivity (Wildman–Crippen MR) is 69.6 cm³/mol. The number of ether oxygens (including phenoxy) is 2. The Hall–Kier alpha value is -1.59. The Morgan fingerprint density at radius 1 is 1.39 bits per heavy atom. The van der Waals surface area contributed by atoms with Crippen LogP contribution in [0.2, 0.25) is 0 Å². The van der Waals surface area contributed by atoms with Gasteiger partial charge in [-0.3, -0.25) is 4.79 Å². The van der Waals surface area contributed by atoms with Gasteiger partial charge in [0.15, 0.2) is 0 Å². The number of nitrogens with one attached hydrogen (secondary N) is 1. The summed E-state index contributed by atoms with van der Waals surface area (Å²) in [6, 6.07) is 7.29. The van der Waals surface area contributed by atoms with Gasteiger partial charge >= 0.3 is 0 Å². The van der Waals surface area contributed by atoms with Gasteiger partial charge in [-0.05, 0) is 6.07 Å². The van der Waals surface area contributed by atoms with Crippen LogP contribution in [-0.4, -0.2) is 39.3 Å². The van der Waals surface area contributed by atoms with Gasteiger partial charge in [0, 0.05) is 19.2 Å². The largest absolute Gasteiger partial charge is 0.496 e. The lowest BCUT2D eigenvalue weighted by molar-refractivity contribution is -0.121. The zero-order valence-electron chi connectivity index (χ0n) is 10.8. The predicted octanol–water partition coefficient (Wildman–Crippen LogP) is 0.328. The van der Waals surface area contributed by atoms with Gasteiger partial charge in [0.25, 0.3) is 0 Å². The minimum Gasteiger partial charge on any atom is -0.496 e. The lowest BCUT2D eigenvalue weighted by Crippen LogP contribution is -2.43. The number of benzene rings is 1. The van der Waals surface area contributed by atoms with Crippen LogP contribution in [-0.2, 0) is 16.0 Å². The molecular formula is C13H20N2O3. The van der Waals surface area contributed by atoms with Crippen LogP contribution in [0.4, 0.5) is 0 Å². The highest BCUT2D eigenvalue weighted by atomic mass is 16.5. The van der Waals surface area contributed by atoms with Gasteiger partial charge in [-0.2, -0.15) is 0 Å². The van der Waals surface area contributed by atoms with Crippen LogP contribution in [0.25, 0.3) is 0 Å². The van der Waals surface area contributed by atoms with E-state index in [1.165, 1.54) is 0 Å². The zero-order valence-corrected chi connectivity index (χ0v) is 10.8. The Kier molecular flexibility index (Phi) is 6.18. The Morgan fingerprint density at radius 2 is 2.11 bits per heavy atom. The molecule has 0 saturated heterocycles. The summed E-state index contributed by atoms with van der Waals surface area (Å²) in [5, 5.41) is 2.82. The monoisotopic (exact) mass is 252 g/mol. The lowest BCUT2D eigenvalue weighted by Gasteiger charge is -2.16. The molecule has 1 unspecified atom stereocenters. The van der Waals surface area contributed by atoms with Crippen molar-refractivity contribution in [3.8, 4) is 5.75 Å². The van der Waals surface area contributed by atoms with E-state index in [0.717, 1.165) is 5.56 Å². The molecule has 0 aliphatic rings. The highest BCUT2D eigenvalue weighted by molar-refractivity contribution is 5.79. The molecule has 5 nitrogen and oxygen atoms in total. The van der Waals surface area contributed by atoms with Crippen LogP contribution in [0.15, 0.2) is 24.3 Å². The molecule has 0 aliphatic heterocycles. The molecule has 1 aromatic carbocycles. The number of nitrogens with two attached hydrogens (primary N) is 1. The van der Waals surface area contributed by atoms with E-state index in [4.69, 9.17) is 15.2 Å². The third kappa shape index (κ3) is 4.35. The summed E-state index contributed by atoms with van der Waals surface area (Å²) >= 11 is 0. The van der Waals surface area contributed by atoms with Gasteiger partial charge < -0.3 is 20.5 Å². The SMILES string of the molecule is COCC(CN)NC(=O)Cc1ccccc1OC. The molecule has 1 amide bonds. The minimum atomic E-state index is -0.155. The second-order valence-corrected chi connectivity index (χ2v) is 3.94. The van der Waals surface area contributed by atoms with E-state index in [-0.39, 0.29) is 18.4 Å². The molecule has 0 radical (unpaired) electrons. The number of hydrogen-bond donors (Lipinski definition) is 2. The van der Waals surface area contributed by atoms with Crippen molar-refractivity contribution in [2.75, 3.05) is 27.4 Å². The topological polar surface area (TPSA) is 73.6 Å². The fourth-order valence-corrected chi connectivity index (χ4v) is 1.67. The van der Waals surface area contributed by atoms with E-state index < -0.39 is 0 Å². The van der Waals surface area contributed by atoms with Gasteiger partial charge in [-0.15, -0.1) is 0 Å². The van der Waals surface area contributed by atoms with Crippen LogP contribution in [0.1, 0.15) is 5.56 Å². The molecular weight excluding hydrogens is 232 g/mol. The highest BCUT2D eigenvalue weighted by Gasteiger charge is 2.12. The average Bonchev–Trinajstić information content (AvgIpc) is 2.38. The zero-order chi connectivity index (χ0) is 13.4. The number of para-hydroxylation sites is 1. The third-order valence-corrected chi connectivity index (χ3v) is 2.56. The number of hydrogen-bond acceptors (Lipinski definition) is 4. The van der Waals surface area contributed by atoms with Crippen molar-refractivity contribution in [1.82, 2.24) is 5.32 Å². The summed E-state index contributed by atoms with van der Waals surface area (Å²) in [4.78, 5) is 11.8. The standard InChI is InChI=1S/C13H20N2O3/c1-17-9-11(8-14)15-13(16)7-10-5-3-4-6-12(10)18-2/h3-6,11H,7-9,14H2,1-2H3,(H,15,16). The maximum atomic E-state index is 11.8. The molecule has 0 spiro atoms. The normalized spacial score (nSPS) is 11.9. The first-order valence-corrected chi connectivity index (χ1v) is 5.81. The summed E-state index contributed by atoms with van der Waals surface area (Å²) in [6.07, 6.45) is 0.268. The number of rotatable bonds is 7. The molecule has 100 valence electrons. The fraction of sp³-hybridized carbons (Fsp3) is 0.462. The van der Waals surface area contributed by atoms with Gasteiger partial charge in [0.2, 0.25) is 5.91 Å².